The number of ether oxygens (including phenoxy) is 2. The largest absolute Gasteiger partial charge is 0.488 e. The molecular formula is C21H19F2NO2. The average molecular weight is 355 g/mol. The molecule has 26 heavy (non-hydrogen) atoms. The normalized spacial score (nSPS) is 10.6. The number of hydrogen-bond acceptors (Lipinski definition) is 3. The van der Waals surface area contributed by atoms with Crippen molar-refractivity contribution < 1.29 is 18.3 Å². The van der Waals surface area contributed by atoms with Crippen LogP contribution < -0.4 is 15.2 Å². The highest BCUT2D eigenvalue weighted by Crippen LogP contribution is 2.33. The summed E-state index contributed by atoms with van der Waals surface area (Å²) in [5.41, 5.74) is 7.77. The van der Waals surface area contributed by atoms with E-state index in [1.54, 1.807) is 18.2 Å². The molecule has 0 atom stereocenters. The predicted octanol–water partition coefficient (Wildman–Crippen LogP) is 4.55. The van der Waals surface area contributed by atoms with Gasteiger partial charge in [-0.1, -0.05) is 42.5 Å². The molecule has 0 aliphatic rings. The molecule has 3 rings (SSSR count). The molecule has 134 valence electrons. The molecule has 5 heteroatoms. The molecule has 2 N–H and O–H groups in total. The zero-order valence-corrected chi connectivity index (χ0v) is 14.1. The Morgan fingerprint density at radius 2 is 1.46 bits per heavy atom. The summed E-state index contributed by atoms with van der Waals surface area (Å²) in [6.45, 7) is 1.09. The van der Waals surface area contributed by atoms with Gasteiger partial charge >= 0.3 is 0 Å². The van der Waals surface area contributed by atoms with Crippen LogP contribution in [0.15, 0.2) is 66.7 Å². The smallest absolute Gasteiger partial charge is 0.162 e. The van der Waals surface area contributed by atoms with Crippen molar-refractivity contribution in [1.82, 2.24) is 0 Å². The van der Waals surface area contributed by atoms with Gasteiger partial charge in [-0.2, -0.15) is 0 Å². The van der Waals surface area contributed by atoms with Crippen LogP contribution in [0.4, 0.5) is 8.78 Å². The second-order valence-corrected chi connectivity index (χ2v) is 5.70. The third kappa shape index (κ3) is 4.37. The summed E-state index contributed by atoms with van der Waals surface area (Å²) >= 11 is 0. The molecule has 0 aromatic heterocycles. The lowest BCUT2D eigenvalue weighted by atomic mass is 10.0. The number of halogens is 2. The third-order valence-electron chi connectivity index (χ3n) is 3.81. The first-order valence-electron chi connectivity index (χ1n) is 8.26. The van der Waals surface area contributed by atoms with E-state index >= 15 is 0 Å². The zero-order chi connectivity index (χ0) is 18.4. The van der Waals surface area contributed by atoms with Crippen molar-refractivity contribution in [2.45, 2.75) is 6.61 Å². The van der Waals surface area contributed by atoms with Crippen molar-refractivity contribution in [3.63, 3.8) is 0 Å². The van der Waals surface area contributed by atoms with Crippen LogP contribution in [0, 0.1) is 11.6 Å². The molecule has 0 spiro atoms. The molecule has 3 nitrogen and oxygen atoms in total. The van der Waals surface area contributed by atoms with E-state index in [2.05, 4.69) is 0 Å². The Kier molecular flexibility index (Phi) is 5.81. The van der Waals surface area contributed by atoms with Gasteiger partial charge in [0.05, 0.1) is 0 Å². The number of benzene rings is 3. The fourth-order valence-electron chi connectivity index (χ4n) is 2.50. The van der Waals surface area contributed by atoms with Gasteiger partial charge < -0.3 is 15.2 Å². The van der Waals surface area contributed by atoms with Crippen LogP contribution in [0.25, 0.3) is 11.1 Å². The molecule has 0 unspecified atom stereocenters. The SMILES string of the molecule is NCCOc1ccc(-c2ccc(F)c(F)c2)cc1OCc1ccccc1. The Bertz CT molecular complexity index is 869. The van der Waals surface area contributed by atoms with E-state index in [9.17, 15) is 8.78 Å². The summed E-state index contributed by atoms with van der Waals surface area (Å²) < 4.78 is 38.2. The van der Waals surface area contributed by atoms with Gasteiger partial charge in [-0.25, -0.2) is 8.78 Å². The first kappa shape index (κ1) is 17.9. The summed E-state index contributed by atoms with van der Waals surface area (Å²) in [6, 6.07) is 18.8. The van der Waals surface area contributed by atoms with Crippen LogP contribution in [0.5, 0.6) is 11.5 Å². The van der Waals surface area contributed by atoms with E-state index in [4.69, 9.17) is 15.2 Å². The molecule has 0 fully saturated rings. The molecule has 3 aromatic carbocycles. The Morgan fingerprint density at radius 1 is 0.731 bits per heavy atom. The molecule has 0 radical (unpaired) electrons. The number of rotatable bonds is 7. The van der Waals surface area contributed by atoms with Crippen LogP contribution in [0.2, 0.25) is 0 Å². The lowest BCUT2D eigenvalue weighted by Crippen LogP contribution is -2.11. The van der Waals surface area contributed by atoms with Crippen LogP contribution in [-0.2, 0) is 6.61 Å². The van der Waals surface area contributed by atoms with Crippen LogP contribution >= 0.6 is 0 Å². The summed E-state index contributed by atoms with van der Waals surface area (Å²) in [7, 11) is 0. The standard InChI is InChI=1S/C21H19F2NO2/c22-18-8-6-16(12-19(18)23)17-7-9-20(25-11-10-24)21(13-17)26-14-15-4-2-1-3-5-15/h1-9,12-13H,10-11,14,24H2. The lowest BCUT2D eigenvalue weighted by Gasteiger charge is -2.14. The zero-order valence-electron chi connectivity index (χ0n) is 14.1. The van der Waals surface area contributed by atoms with E-state index in [0.717, 1.165) is 17.7 Å². The molecule has 0 bridgehead atoms. The van der Waals surface area contributed by atoms with Gasteiger partial charge in [0.25, 0.3) is 0 Å². The number of hydrogen-bond donors (Lipinski definition) is 1. The van der Waals surface area contributed by atoms with Crippen molar-refractivity contribution in [2.75, 3.05) is 13.2 Å². The Hall–Kier alpha value is -2.92. The van der Waals surface area contributed by atoms with Gasteiger partial charge in [0.15, 0.2) is 23.1 Å². The lowest BCUT2D eigenvalue weighted by molar-refractivity contribution is 0.266. The molecule has 0 heterocycles. The van der Waals surface area contributed by atoms with Gasteiger partial charge in [-0.05, 0) is 41.0 Å². The first-order valence-corrected chi connectivity index (χ1v) is 8.26. The van der Waals surface area contributed by atoms with Crippen LogP contribution in [0.1, 0.15) is 5.56 Å². The maximum absolute atomic E-state index is 13.5. The summed E-state index contributed by atoms with van der Waals surface area (Å²) in [5.74, 6) is -0.697. The maximum atomic E-state index is 13.5. The van der Waals surface area contributed by atoms with Gasteiger partial charge in [0.1, 0.15) is 13.2 Å². The van der Waals surface area contributed by atoms with Crippen LogP contribution in [-0.4, -0.2) is 13.2 Å². The summed E-state index contributed by atoms with van der Waals surface area (Å²) in [4.78, 5) is 0. The topological polar surface area (TPSA) is 44.5 Å². The summed E-state index contributed by atoms with van der Waals surface area (Å²) in [6.07, 6.45) is 0. The highest BCUT2D eigenvalue weighted by atomic mass is 19.2. The maximum Gasteiger partial charge on any atom is 0.162 e. The average Bonchev–Trinajstić information content (AvgIpc) is 2.68. The Labute approximate surface area is 151 Å². The van der Waals surface area contributed by atoms with E-state index in [1.165, 1.54) is 6.07 Å². The van der Waals surface area contributed by atoms with Gasteiger partial charge in [-0.15, -0.1) is 0 Å². The summed E-state index contributed by atoms with van der Waals surface area (Å²) in [5, 5.41) is 0. The quantitative estimate of drug-likeness (QED) is 0.676. The van der Waals surface area contributed by atoms with E-state index in [0.29, 0.717) is 42.4 Å². The molecule has 3 aromatic rings. The van der Waals surface area contributed by atoms with Crippen molar-refractivity contribution in [2.24, 2.45) is 5.73 Å². The predicted molar refractivity (Wildman–Crippen MR) is 97.1 cm³/mol. The third-order valence-corrected chi connectivity index (χ3v) is 3.81. The second-order valence-electron chi connectivity index (χ2n) is 5.70. The Morgan fingerprint density at radius 3 is 2.19 bits per heavy atom. The molecule has 0 amide bonds. The van der Waals surface area contributed by atoms with Gasteiger partial charge in [0.2, 0.25) is 0 Å². The van der Waals surface area contributed by atoms with E-state index in [1.807, 2.05) is 30.3 Å². The van der Waals surface area contributed by atoms with Gasteiger partial charge in [0, 0.05) is 6.54 Å². The second kappa shape index (κ2) is 8.45. The molecule has 0 saturated carbocycles. The molecule has 0 aliphatic heterocycles. The minimum absolute atomic E-state index is 0.353. The fraction of sp³-hybridized carbons (Fsp3) is 0.143. The number of nitrogens with two attached hydrogens (primary N) is 1. The minimum Gasteiger partial charge on any atom is -0.488 e. The molecule has 0 saturated heterocycles. The molecular weight excluding hydrogens is 336 g/mol. The van der Waals surface area contributed by atoms with Gasteiger partial charge in [-0.3, -0.25) is 0 Å². The van der Waals surface area contributed by atoms with Crippen molar-refractivity contribution in [3.8, 4) is 22.6 Å². The monoisotopic (exact) mass is 355 g/mol. The fourth-order valence-corrected chi connectivity index (χ4v) is 2.50. The first-order chi connectivity index (χ1) is 12.7. The van der Waals surface area contributed by atoms with Crippen molar-refractivity contribution in [1.29, 1.82) is 0 Å². The molecule has 0 aliphatic carbocycles. The van der Waals surface area contributed by atoms with Crippen molar-refractivity contribution >= 4 is 0 Å². The highest BCUT2D eigenvalue weighted by molar-refractivity contribution is 5.67. The van der Waals surface area contributed by atoms with Crippen LogP contribution in [0.3, 0.4) is 0 Å². The van der Waals surface area contributed by atoms with Crippen molar-refractivity contribution in [3.05, 3.63) is 83.9 Å². The highest BCUT2D eigenvalue weighted by Gasteiger charge is 2.10. The van der Waals surface area contributed by atoms with E-state index in [-0.39, 0.29) is 0 Å². The minimum atomic E-state index is -0.891. The van der Waals surface area contributed by atoms with E-state index < -0.39 is 11.6 Å². The Balaban J connectivity index is 1.88.